The molecule has 0 bridgehead atoms. The maximum absolute atomic E-state index is 13.6. The number of ether oxygens (including phenoxy) is 3. The number of carbonyl (C=O) groups is 1. The van der Waals surface area contributed by atoms with Crippen LogP contribution >= 0.6 is 0 Å². The lowest BCUT2D eigenvalue weighted by Crippen LogP contribution is -2.31. The zero-order chi connectivity index (χ0) is 24.9. The van der Waals surface area contributed by atoms with E-state index in [4.69, 9.17) is 14.2 Å². The second-order valence-electron chi connectivity index (χ2n) is 8.69. The van der Waals surface area contributed by atoms with Crippen molar-refractivity contribution in [1.29, 1.82) is 0 Å². The molecule has 1 atom stereocenters. The highest BCUT2D eigenvalue weighted by Crippen LogP contribution is 2.39. The zero-order valence-electron chi connectivity index (χ0n) is 20.7. The minimum Gasteiger partial charge on any atom is -0.495 e. The minimum atomic E-state index is -0.526. The number of benzene rings is 2. The molecule has 184 valence electrons. The van der Waals surface area contributed by atoms with Crippen molar-refractivity contribution in [3.05, 3.63) is 65.6 Å². The Kier molecular flexibility index (Phi) is 7.24. The van der Waals surface area contributed by atoms with E-state index in [-0.39, 0.29) is 5.91 Å². The molecule has 2 heterocycles. The van der Waals surface area contributed by atoms with E-state index in [9.17, 15) is 4.79 Å². The second-order valence-corrected chi connectivity index (χ2v) is 8.69. The fourth-order valence-electron chi connectivity index (χ4n) is 4.01. The van der Waals surface area contributed by atoms with Crippen LogP contribution in [0.4, 0.5) is 11.6 Å². The average Bonchev–Trinajstić information content (AvgIpc) is 3.31. The standard InChI is InChI=1S/C26H31N5O4/c1-16(2)12-13-35-21-11-10-18(14-22(21)34-5)24-23(17(3)29-26-27-15-28-31(24)26)25(32)30-19-8-6-7-9-20(19)33-4/h6-11,14-16,24H,12-13H2,1-5H3,(H,30,32)(H,27,28,29)/t24-/m0/s1. The molecule has 0 saturated carbocycles. The highest BCUT2D eigenvalue weighted by Gasteiger charge is 2.34. The Morgan fingerprint density at radius 3 is 2.63 bits per heavy atom. The summed E-state index contributed by atoms with van der Waals surface area (Å²) in [4.78, 5) is 17.9. The first-order valence-electron chi connectivity index (χ1n) is 11.5. The van der Waals surface area contributed by atoms with Gasteiger partial charge in [0.25, 0.3) is 5.91 Å². The van der Waals surface area contributed by atoms with Crippen LogP contribution in [0.25, 0.3) is 0 Å². The number of aromatic nitrogens is 3. The molecule has 2 aromatic carbocycles. The molecule has 9 nitrogen and oxygen atoms in total. The number of nitrogens with one attached hydrogen (secondary N) is 2. The molecule has 0 spiro atoms. The Balaban J connectivity index is 1.70. The summed E-state index contributed by atoms with van der Waals surface area (Å²) in [5.41, 5.74) is 2.58. The Morgan fingerprint density at radius 2 is 1.89 bits per heavy atom. The number of amides is 1. The summed E-state index contributed by atoms with van der Waals surface area (Å²) in [7, 11) is 3.17. The quantitative estimate of drug-likeness (QED) is 0.463. The predicted octanol–water partition coefficient (Wildman–Crippen LogP) is 4.65. The van der Waals surface area contributed by atoms with Crippen LogP contribution in [0.5, 0.6) is 17.2 Å². The molecule has 4 rings (SSSR count). The van der Waals surface area contributed by atoms with Crippen LogP contribution in [0.2, 0.25) is 0 Å². The summed E-state index contributed by atoms with van der Waals surface area (Å²) in [6.07, 6.45) is 2.40. The maximum atomic E-state index is 13.6. The van der Waals surface area contributed by atoms with Gasteiger partial charge < -0.3 is 24.8 Å². The van der Waals surface area contributed by atoms with Crippen molar-refractivity contribution < 1.29 is 19.0 Å². The van der Waals surface area contributed by atoms with Crippen LogP contribution in [0, 0.1) is 5.92 Å². The smallest absolute Gasteiger partial charge is 0.255 e. The van der Waals surface area contributed by atoms with Crippen molar-refractivity contribution in [3.8, 4) is 17.2 Å². The van der Waals surface area contributed by atoms with Crippen molar-refractivity contribution in [2.24, 2.45) is 5.92 Å². The number of methoxy groups -OCH3 is 2. The van der Waals surface area contributed by atoms with Gasteiger partial charge in [-0.1, -0.05) is 32.0 Å². The van der Waals surface area contributed by atoms with E-state index < -0.39 is 6.04 Å². The number of nitrogens with zero attached hydrogens (tertiary/aromatic N) is 3. The number of fused-ring (bicyclic) bond motifs is 1. The van der Waals surface area contributed by atoms with E-state index in [1.54, 1.807) is 31.0 Å². The number of hydrogen-bond donors (Lipinski definition) is 2. The van der Waals surface area contributed by atoms with Gasteiger partial charge in [-0.2, -0.15) is 10.1 Å². The zero-order valence-corrected chi connectivity index (χ0v) is 20.7. The Morgan fingerprint density at radius 1 is 1.11 bits per heavy atom. The van der Waals surface area contributed by atoms with Gasteiger partial charge in [-0.05, 0) is 49.1 Å². The van der Waals surface area contributed by atoms with Gasteiger partial charge in [0, 0.05) is 5.70 Å². The lowest BCUT2D eigenvalue weighted by molar-refractivity contribution is -0.113. The third-order valence-corrected chi connectivity index (χ3v) is 5.85. The van der Waals surface area contributed by atoms with Gasteiger partial charge in [0.1, 0.15) is 18.1 Å². The van der Waals surface area contributed by atoms with Gasteiger partial charge in [-0.15, -0.1) is 0 Å². The summed E-state index contributed by atoms with van der Waals surface area (Å²) < 4.78 is 18.7. The normalized spacial score (nSPS) is 14.9. The number of carbonyl (C=O) groups excluding carboxylic acids is 1. The fourth-order valence-corrected chi connectivity index (χ4v) is 4.01. The number of anilines is 2. The minimum absolute atomic E-state index is 0.276. The molecule has 35 heavy (non-hydrogen) atoms. The van der Waals surface area contributed by atoms with E-state index in [0.717, 1.165) is 12.0 Å². The topological polar surface area (TPSA) is 99.5 Å². The fraction of sp³-hybridized carbons (Fsp3) is 0.346. The lowest BCUT2D eigenvalue weighted by Gasteiger charge is -2.29. The molecular weight excluding hydrogens is 446 g/mol. The van der Waals surface area contributed by atoms with E-state index in [2.05, 4.69) is 34.6 Å². The van der Waals surface area contributed by atoms with E-state index in [1.807, 2.05) is 37.3 Å². The summed E-state index contributed by atoms with van der Waals surface area (Å²) >= 11 is 0. The first-order chi connectivity index (χ1) is 16.9. The summed E-state index contributed by atoms with van der Waals surface area (Å²) in [5, 5.41) is 10.6. The molecule has 0 fully saturated rings. The molecule has 1 amide bonds. The second kappa shape index (κ2) is 10.5. The summed E-state index contributed by atoms with van der Waals surface area (Å²) in [6.45, 7) is 6.76. The SMILES string of the molecule is COc1ccccc1NC(=O)C1=C(C)Nc2ncnn2[C@H]1c1ccc(OCCC(C)C)c(OC)c1. The summed E-state index contributed by atoms with van der Waals surface area (Å²) in [6, 6.07) is 12.4. The number of allylic oxidation sites excluding steroid dienone is 1. The highest BCUT2D eigenvalue weighted by molar-refractivity contribution is 6.06. The Hall–Kier alpha value is -4.01. The van der Waals surface area contributed by atoms with Crippen molar-refractivity contribution in [2.45, 2.75) is 33.2 Å². The molecule has 1 aliphatic heterocycles. The maximum Gasteiger partial charge on any atom is 0.255 e. The van der Waals surface area contributed by atoms with Crippen LogP contribution in [-0.4, -0.2) is 41.5 Å². The number of hydrogen-bond acceptors (Lipinski definition) is 7. The van der Waals surface area contributed by atoms with Gasteiger partial charge >= 0.3 is 0 Å². The Labute approximate surface area is 205 Å². The highest BCUT2D eigenvalue weighted by atomic mass is 16.5. The Bertz CT molecular complexity index is 1230. The van der Waals surface area contributed by atoms with Crippen molar-refractivity contribution in [1.82, 2.24) is 14.8 Å². The van der Waals surface area contributed by atoms with Crippen molar-refractivity contribution in [2.75, 3.05) is 31.5 Å². The molecule has 0 unspecified atom stereocenters. The molecule has 1 aliphatic rings. The third-order valence-electron chi connectivity index (χ3n) is 5.85. The van der Waals surface area contributed by atoms with Gasteiger partial charge in [-0.25, -0.2) is 4.68 Å². The van der Waals surface area contributed by atoms with Crippen LogP contribution in [0.15, 0.2) is 60.1 Å². The first kappa shape index (κ1) is 24.1. The lowest BCUT2D eigenvalue weighted by atomic mass is 9.94. The van der Waals surface area contributed by atoms with E-state index >= 15 is 0 Å². The van der Waals surface area contributed by atoms with E-state index in [0.29, 0.717) is 52.7 Å². The monoisotopic (exact) mass is 477 g/mol. The molecule has 0 aliphatic carbocycles. The van der Waals surface area contributed by atoms with Crippen LogP contribution in [0.3, 0.4) is 0 Å². The molecule has 2 N–H and O–H groups in total. The average molecular weight is 478 g/mol. The largest absolute Gasteiger partial charge is 0.495 e. The van der Waals surface area contributed by atoms with Crippen LogP contribution < -0.4 is 24.8 Å². The summed E-state index contributed by atoms with van der Waals surface area (Å²) in [5.74, 6) is 2.64. The van der Waals surface area contributed by atoms with E-state index in [1.165, 1.54) is 6.33 Å². The third kappa shape index (κ3) is 5.08. The molecule has 0 saturated heterocycles. The van der Waals surface area contributed by atoms with Crippen LogP contribution in [-0.2, 0) is 4.79 Å². The molecule has 1 aromatic heterocycles. The number of para-hydroxylation sites is 2. The first-order valence-corrected chi connectivity index (χ1v) is 11.5. The van der Waals surface area contributed by atoms with Gasteiger partial charge in [0.15, 0.2) is 11.5 Å². The molecule has 3 aromatic rings. The van der Waals surface area contributed by atoms with Crippen molar-refractivity contribution >= 4 is 17.5 Å². The van der Waals surface area contributed by atoms with Gasteiger partial charge in [-0.3, -0.25) is 4.79 Å². The number of rotatable bonds is 9. The predicted molar refractivity (Wildman–Crippen MR) is 134 cm³/mol. The van der Waals surface area contributed by atoms with Gasteiger partial charge in [0.05, 0.1) is 32.1 Å². The molecule has 9 heteroatoms. The van der Waals surface area contributed by atoms with Crippen molar-refractivity contribution in [3.63, 3.8) is 0 Å². The molecule has 0 radical (unpaired) electrons. The molecular formula is C26H31N5O4. The van der Waals surface area contributed by atoms with Crippen LogP contribution in [0.1, 0.15) is 38.8 Å². The van der Waals surface area contributed by atoms with Gasteiger partial charge in [0.2, 0.25) is 5.95 Å².